The molecule has 0 spiro atoms. The van der Waals surface area contributed by atoms with E-state index in [4.69, 9.17) is 9.47 Å². The number of aromatic hydroxyl groups is 2. The molecule has 0 amide bonds. The second-order valence-electron chi connectivity index (χ2n) is 9.55. The fourth-order valence-corrected chi connectivity index (χ4v) is 4.93. The van der Waals surface area contributed by atoms with Crippen LogP contribution in [-0.2, 0) is 18.0 Å². The molecule has 5 nitrogen and oxygen atoms in total. The van der Waals surface area contributed by atoms with Crippen molar-refractivity contribution < 1.29 is 24.5 Å². The van der Waals surface area contributed by atoms with Gasteiger partial charge in [-0.1, -0.05) is 97.1 Å². The van der Waals surface area contributed by atoms with Gasteiger partial charge < -0.3 is 19.7 Å². The van der Waals surface area contributed by atoms with Gasteiger partial charge in [0.2, 0.25) is 0 Å². The number of carbonyl (C=O) groups is 1. The SMILES string of the molecule is O=C(OCc1ccccc1)c1cc2ccccc2c(-c2c(O)ccc3ccc(OCc4ccccc4)cc23)c1O. The molecule has 0 heterocycles. The number of benzene rings is 6. The van der Waals surface area contributed by atoms with Crippen LogP contribution in [-0.4, -0.2) is 16.2 Å². The Morgan fingerprint density at radius 2 is 1.25 bits per heavy atom. The Morgan fingerprint density at radius 1 is 0.600 bits per heavy atom. The summed E-state index contributed by atoms with van der Waals surface area (Å²) in [4.78, 5) is 13.2. The molecule has 6 aromatic rings. The van der Waals surface area contributed by atoms with Gasteiger partial charge in [-0.15, -0.1) is 0 Å². The lowest BCUT2D eigenvalue weighted by molar-refractivity contribution is 0.0469. The Balaban J connectivity index is 1.46. The van der Waals surface area contributed by atoms with Crippen LogP contribution in [0.25, 0.3) is 32.7 Å². The first kappa shape index (κ1) is 25.0. The largest absolute Gasteiger partial charge is 0.507 e. The maximum Gasteiger partial charge on any atom is 0.342 e. The van der Waals surface area contributed by atoms with Gasteiger partial charge in [-0.05, 0) is 56.9 Å². The highest BCUT2D eigenvalue weighted by atomic mass is 16.5. The molecule has 0 fully saturated rings. The zero-order valence-electron chi connectivity index (χ0n) is 21.6. The number of hydrogen-bond donors (Lipinski definition) is 2. The summed E-state index contributed by atoms with van der Waals surface area (Å²) < 4.78 is 11.6. The molecule has 6 rings (SSSR count). The summed E-state index contributed by atoms with van der Waals surface area (Å²) in [6.07, 6.45) is 0. The average molecular weight is 527 g/mol. The van der Waals surface area contributed by atoms with E-state index in [-0.39, 0.29) is 23.7 Å². The Labute approximate surface area is 231 Å². The second kappa shape index (κ2) is 10.8. The van der Waals surface area contributed by atoms with Gasteiger partial charge in [-0.2, -0.15) is 0 Å². The van der Waals surface area contributed by atoms with Crippen molar-refractivity contribution in [2.75, 3.05) is 0 Å². The average Bonchev–Trinajstić information content (AvgIpc) is 3.00. The molecular formula is C35H26O5. The van der Waals surface area contributed by atoms with E-state index in [1.165, 1.54) is 0 Å². The zero-order valence-corrected chi connectivity index (χ0v) is 21.6. The van der Waals surface area contributed by atoms with Crippen LogP contribution in [0.3, 0.4) is 0 Å². The van der Waals surface area contributed by atoms with E-state index in [9.17, 15) is 15.0 Å². The monoisotopic (exact) mass is 526 g/mol. The minimum Gasteiger partial charge on any atom is -0.507 e. The fraction of sp³-hybridized carbons (Fsp3) is 0.0571. The number of phenols is 2. The first-order valence-corrected chi connectivity index (χ1v) is 13.0. The van der Waals surface area contributed by atoms with E-state index >= 15 is 0 Å². The van der Waals surface area contributed by atoms with Crippen molar-refractivity contribution >= 4 is 27.5 Å². The fourth-order valence-electron chi connectivity index (χ4n) is 4.93. The number of ether oxygens (including phenoxy) is 2. The number of rotatable bonds is 7. The highest BCUT2D eigenvalue weighted by Gasteiger charge is 2.24. The first-order chi connectivity index (χ1) is 19.6. The van der Waals surface area contributed by atoms with E-state index in [0.29, 0.717) is 34.3 Å². The normalized spacial score (nSPS) is 11.0. The molecule has 6 aromatic carbocycles. The van der Waals surface area contributed by atoms with Crippen molar-refractivity contribution in [3.8, 4) is 28.4 Å². The predicted octanol–water partition coefficient (Wildman–Crippen LogP) is 8.01. The van der Waals surface area contributed by atoms with Crippen molar-refractivity contribution in [2.45, 2.75) is 13.2 Å². The second-order valence-corrected chi connectivity index (χ2v) is 9.55. The third-order valence-electron chi connectivity index (χ3n) is 6.92. The molecule has 0 saturated carbocycles. The van der Waals surface area contributed by atoms with Crippen LogP contribution < -0.4 is 4.74 Å². The summed E-state index contributed by atoms with van der Waals surface area (Å²) in [7, 11) is 0. The number of esters is 1. The van der Waals surface area contributed by atoms with E-state index in [1.807, 2.05) is 109 Å². The molecule has 0 bridgehead atoms. The van der Waals surface area contributed by atoms with Crippen LogP contribution in [0, 0.1) is 0 Å². The van der Waals surface area contributed by atoms with E-state index in [0.717, 1.165) is 21.9 Å². The molecule has 0 aliphatic carbocycles. The molecule has 0 aliphatic heterocycles. The van der Waals surface area contributed by atoms with E-state index < -0.39 is 5.97 Å². The van der Waals surface area contributed by atoms with Gasteiger partial charge in [0.05, 0.1) is 0 Å². The van der Waals surface area contributed by atoms with Gasteiger partial charge in [0, 0.05) is 11.1 Å². The predicted molar refractivity (Wildman–Crippen MR) is 157 cm³/mol. The summed E-state index contributed by atoms with van der Waals surface area (Å²) in [6.45, 7) is 0.459. The maximum atomic E-state index is 13.2. The molecule has 0 atom stereocenters. The van der Waals surface area contributed by atoms with Gasteiger partial charge in [0.15, 0.2) is 0 Å². The number of carbonyl (C=O) groups excluding carboxylic acids is 1. The van der Waals surface area contributed by atoms with Crippen molar-refractivity contribution in [1.82, 2.24) is 0 Å². The molecular weight excluding hydrogens is 500 g/mol. The lowest BCUT2D eigenvalue weighted by atomic mass is 9.90. The van der Waals surface area contributed by atoms with E-state index in [2.05, 4.69) is 0 Å². The zero-order chi connectivity index (χ0) is 27.5. The third-order valence-corrected chi connectivity index (χ3v) is 6.92. The number of hydrogen-bond acceptors (Lipinski definition) is 5. The van der Waals surface area contributed by atoms with Crippen LogP contribution in [0.4, 0.5) is 0 Å². The van der Waals surface area contributed by atoms with Crippen molar-refractivity contribution in [1.29, 1.82) is 0 Å². The summed E-state index contributed by atoms with van der Waals surface area (Å²) >= 11 is 0. The summed E-state index contributed by atoms with van der Waals surface area (Å²) in [5.74, 6) is -0.316. The van der Waals surface area contributed by atoms with Gasteiger partial charge in [0.1, 0.15) is 36.0 Å². The van der Waals surface area contributed by atoms with Crippen molar-refractivity contribution in [2.24, 2.45) is 0 Å². The maximum absolute atomic E-state index is 13.2. The van der Waals surface area contributed by atoms with Crippen LogP contribution in [0.1, 0.15) is 21.5 Å². The third kappa shape index (κ3) is 4.93. The molecule has 0 aliphatic rings. The standard InChI is InChI=1S/C35H26O5/c36-31-18-16-25-15-17-27(39-21-23-9-3-1-4-10-23)20-29(25)32(31)33-28-14-8-7-13-26(28)19-30(34(33)37)35(38)40-22-24-11-5-2-6-12-24/h1-20,36-37H,21-22H2. The minimum atomic E-state index is -0.653. The highest BCUT2D eigenvalue weighted by Crippen LogP contribution is 2.47. The summed E-state index contributed by atoms with van der Waals surface area (Å²) in [5, 5.41) is 25.7. The van der Waals surface area contributed by atoms with Crippen LogP contribution in [0.5, 0.6) is 17.2 Å². The molecule has 0 saturated heterocycles. The first-order valence-electron chi connectivity index (χ1n) is 13.0. The highest BCUT2D eigenvalue weighted by molar-refractivity contribution is 6.13. The molecule has 2 N–H and O–H groups in total. The number of fused-ring (bicyclic) bond motifs is 2. The molecule has 0 unspecified atom stereocenters. The molecule has 0 aromatic heterocycles. The van der Waals surface area contributed by atoms with Gasteiger partial charge >= 0.3 is 5.97 Å². The van der Waals surface area contributed by atoms with Crippen molar-refractivity contribution in [3.63, 3.8) is 0 Å². The quantitative estimate of drug-likeness (QED) is 0.206. The Morgan fingerprint density at radius 3 is 2.00 bits per heavy atom. The molecule has 196 valence electrons. The van der Waals surface area contributed by atoms with E-state index in [1.54, 1.807) is 12.1 Å². The van der Waals surface area contributed by atoms with Crippen LogP contribution in [0.2, 0.25) is 0 Å². The number of phenolic OH excluding ortho intramolecular Hbond substituents is 2. The minimum absolute atomic E-state index is 0.0250. The smallest absolute Gasteiger partial charge is 0.342 e. The van der Waals surface area contributed by atoms with Gasteiger partial charge in [-0.25, -0.2) is 4.79 Å². The Bertz CT molecular complexity index is 1830. The molecule has 5 heteroatoms. The van der Waals surface area contributed by atoms with Gasteiger partial charge in [-0.3, -0.25) is 0 Å². The lowest BCUT2D eigenvalue weighted by Gasteiger charge is -2.17. The van der Waals surface area contributed by atoms with Crippen molar-refractivity contribution in [3.05, 3.63) is 138 Å². The Hall–Kier alpha value is -5.29. The van der Waals surface area contributed by atoms with Crippen LogP contribution >= 0.6 is 0 Å². The Kier molecular flexibility index (Phi) is 6.77. The molecule has 0 radical (unpaired) electrons. The summed E-state index contributed by atoms with van der Waals surface area (Å²) in [5.41, 5.74) is 2.66. The van der Waals surface area contributed by atoms with Gasteiger partial charge in [0.25, 0.3) is 0 Å². The lowest BCUT2D eigenvalue weighted by Crippen LogP contribution is -2.06. The van der Waals surface area contributed by atoms with Crippen LogP contribution in [0.15, 0.2) is 121 Å². The molecule has 40 heavy (non-hydrogen) atoms. The topological polar surface area (TPSA) is 76.0 Å². The summed E-state index contributed by atoms with van der Waals surface area (Å²) in [6, 6.07) is 37.3.